The van der Waals surface area contributed by atoms with E-state index in [-0.39, 0.29) is 0 Å². The Kier molecular flexibility index (Phi) is 4.01. The Bertz CT molecular complexity index is 604. The van der Waals surface area contributed by atoms with Crippen LogP contribution in [0.25, 0.3) is 0 Å². The summed E-state index contributed by atoms with van der Waals surface area (Å²) in [7, 11) is 0. The number of nitrogens with two attached hydrogens (primary N) is 1. The van der Waals surface area contributed by atoms with Gasteiger partial charge in [-0.25, -0.2) is 0 Å². The van der Waals surface area contributed by atoms with Crippen LogP contribution in [0.4, 0.5) is 11.4 Å². The number of hydrogen-bond donors (Lipinski definition) is 1. The number of hydrogen-bond acceptors (Lipinski definition) is 4. The van der Waals surface area contributed by atoms with Crippen LogP contribution in [-0.4, -0.2) is 36.2 Å². The molecule has 1 aromatic carbocycles. The maximum atomic E-state index is 5.57. The van der Waals surface area contributed by atoms with E-state index in [1.807, 2.05) is 18.3 Å². The van der Waals surface area contributed by atoms with Crippen molar-refractivity contribution in [1.29, 1.82) is 0 Å². The number of anilines is 2. The second-order valence-corrected chi connectivity index (χ2v) is 5.52. The van der Waals surface area contributed by atoms with E-state index in [4.69, 9.17) is 18.0 Å². The van der Waals surface area contributed by atoms with E-state index in [2.05, 4.69) is 45.1 Å². The highest BCUT2D eigenvalue weighted by Gasteiger charge is 2.17. The molecule has 0 spiro atoms. The minimum Gasteiger partial charge on any atom is -0.388 e. The molecule has 2 aromatic rings. The molecule has 3 rings (SSSR count). The highest BCUT2D eigenvalue weighted by atomic mass is 32.1. The SMILES string of the molecule is NC(=S)c1ccc(N2CCN(c3ccccc3)CC2)cn1. The summed E-state index contributed by atoms with van der Waals surface area (Å²) < 4.78 is 0. The van der Waals surface area contributed by atoms with Gasteiger partial charge < -0.3 is 15.5 Å². The number of benzene rings is 1. The van der Waals surface area contributed by atoms with Crippen LogP contribution < -0.4 is 15.5 Å². The zero-order valence-electron chi connectivity index (χ0n) is 11.8. The first kappa shape index (κ1) is 13.8. The van der Waals surface area contributed by atoms with E-state index in [0.29, 0.717) is 10.7 Å². The summed E-state index contributed by atoms with van der Waals surface area (Å²) in [6, 6.07) is 14.5. The third-order valence-corrected chi connectivity index (χ3v) is 3.98. The summed E-state index contributed by atoms with van der Waals surface area (Å²) in [5.74, 6) is 0. The Balaban J connectivity index is 1.64. The van der Waals surface area contributed by atoms with Crippen molar-refractivity contribution in [1.82, 2.24) is 4.98 Å². The second kappa shape index (κ2) is 6.10. The van der Waals surface area contributed by atoms with Crippen molar-refractivity contribution >= 4 is 28.6 Å². The normalized spacial score (nSPS) is 15.0. The quantitative estimate of drug-likeness (QED) is 0.879. The van der Waals surface area contributed by atoms with E-state index in [1.165, 1.54) is 5.69 Å². The third kappa shape index (κ3) is 3.13. The summed E-state index contributed by atoms with van der Waals surface area (Å²) in [5, 5.41) is 0. The predicted molar refractivity (Wildman–Crippen MR) is 91.0 cm³/mol. The van der Waals surface area contributed by atoms with Crippen LogP contribution in [0.3, 0.4) is 0 Å². The van der Waals surface area contributed by atoms with Gasteiger partial charge in [0.05, 0.1) is 17.6 Å². The molecular formula is C16H18N4S. The van der Waals surface area contributed by atoms with Gasteiger partial charge in [-0.15, -0.1) is 0 Å². The molecule has 1 saturated heterocycles. The molecule has 0 aliphatic carbocycles. The van der Waals surface area contributed by atoms with Crippen LogP contribution in [0.5, 0.6) is 0 Å². The summed E-state index contributed by atoms with van der Waals surface area (Å²) in [6.45, 7) is 4.01. The van der Waals surface area contributed by atoms with E-state index in [1.54, 1.807) is 0 Å². The first-order valence-corrected chi connectivity index (χ1v) is 7.46. The predicted octanol–water partition coefficient (Wildman–Crippen LogP) is 2.04. The first-order valence-electron chi connectivity index (χ1n) is 7.05. The number of rotatable bonds is 3. The Morgan fingerprint density at radius 3 is 2.05 bits per heavy atom. The van der Waals surface area contributed by atoms with Gasteiger partial charge >= 0.3 is 0 Å². The fraction of sp³-hybridized carbons (Fsp3) is 0.250. The van der Waals surface area contributed by atoms with Crippen LogP contribution in [0, 0.1) is 0 Å². The van der Waals surface area contributed by atoms with Crippen molar-refractivity contribution in [2.45, 2.75) is 0 Å². The largest absolute Gasteiger partial charge is 0.388 e. The number of pyridine rings is 1. The minimum atomic E-state index is 0.343. The molecule has 2 N–H and O–H groups in total. The molecule has 5 heteroatoms. The van der Waals surface area contributed by atoms with Crippen molar-refractivity contribution in [2.75, 3.05) is 36.0 Å². The van der Waals surface area contributed by atoms with Gasteiger partial charge in [0, 0.05) is 31.9 Å². The van der Waals surface area contributed by atoms with E-state index in [9.17, 15) is 0 Å². The van der Waals surface area contributed by atoms with Crippen molar-refractivity contribution < 1.29 is 0 Å². The standard InChI is InChI=1S/C16H18N4S/c17-16(21)15-7-6-14(12-18-15)20-10-8-19(9-11-20)13-4-2-1-3-5-13/h1-7,12H,8-11H2,(H2,17,21). The molecule has 0 atom stereocenters. The Morgan fingerprint density at radius 1 is 0.905 bits per heavy atom. The van der Waals surface area contributed by atoms with Gasteiger partial charge in [0.25, 0.3) is 0 Å². The lowest BCUT2D eigenvalue weighted by atomic mass is 10.2. The van der Waals surface area contributed by atoms with Gasteiger partial charge in [-0.05, 0) is 24.3 Å². The number of piperazine rings is 1. The molecule has 0 radical (unpaired) electrons. The summed E-state index contributed by atoms with van der Waals surface area (Å²) in [4.78, 5) is 9.41. The van der Waals surface area contributed by atoms with Crippen molar-refractivity contribution in [3.8, 4) is 0 Å². The minimum absolute atomic E-state index is 0.343. The van der Waals surface area contributed by atoms with E-state index < -0.39 is 0 Å². The maximum absolute atomic E-state index is 5.57. The Labute approximate surface area is 130 Å². The Morgan fingerprint density at radius 2 is 1.52 bits per heavy atom. The first-order chi connectivity index (χ1) is 10.2. The number of thiocarbonyl (C=S) groups is 1. The average Bonchev–Trinajstić information content (AvgIpc) is 2.56. The highest BCUT2D eigenvalue weighted by Crippen LogP contribution is 2.19. The van der Waals surface area contributed by atoms with Gasteiger partial charge in [-0.1, -0.05) is 30.4 Å². The average molecular weight is 298 g/mol. The van der Waals surface area contributed by atoms with Crippen LogP contribution >= 0.6 is 12.2 Å². The fourth-order valence-electron chi connectivity index (χ4n) is 2.58. The van der Waals surface area contributed by atoms with Gasteiger partial charge in [-0.3, -0.25) is 4.98 Å². The fourth-order valence-corrected chi connectivity index (χ4v) is 2.70. The molecular weight excluding hydrogens is 280 g/mol. The van der Waals surface area contributed by atoms with Crippen molar-refractivity contribution in [3.63, 3.8) is 0 Å². The zero-order valence-corrected chi connectivity index (χ0v) is 12.6. The third-order valence-electron chi connectivity index (χ3n) is 3.77. The van der Waals surface area contributed by atoms with Crippen LogP contribution in [0.1, 0.15) is 5.69 Å². The molecule has 108 valence electrons. The highest BCUT2D eigenvalue weighted by molar-refractivity contribution is 7.80. The summed E-state index contributed by atoms with van der Waals surface area (Å²) >= 11 is 4.93. The van der Waals surface area contributed by atoms with Gasteiger partial charge in [-0.2, -0.15) is 0 Å². The molecule has 1 aliphatic rings. The van der Waals surface area contributed by atoms with Gasteiger partial charge in [0.2, 0.25) is 0 Å². The summed E-state index contributed by atoms with van der Waals surface area (Å²) in [6.07, 6.45) is 1.85. The molecule has 0 bridgehead atoms. The second-order valence-electron chi connectivity index (χ2n) is 5.08. The molecule has 1 fully saturated rings. The van der Waals surface area contributed by atoms with Crippen LogP contribution in [0.15, 0.2) is 48.7 Å². The van der Waals surface area contributed by atoms with Gasteiger partial charge in [0.15, 0.2) is 0 Å². The molecule has 1 aliphatic heterocycles. The van der Waals surface area contributed by atoms with Gasteiger partial charge in [0.1, 0.15) is 4.99 Å². The number of nitrogens with zero attached hydrogens (tertiary/aromatic N) is 3. The monoisotopic (exact) mass is 298 g/mol. The van der Waals surface area contributed by atoms with Crippen LogP contribution in [0.2, 0.25) is 0 Å². The van der Waals surface area contributed by atoms with E-state index in [0.717, 1.165) is 31.9 Å². The zero-order chi connectivity index (χ0) is 14.7. The van der Waals surface area contributed by atoms with Crippen LogP contribution in [-0.2, 0) is 0 Å². The number of para-hydroxylation sites is 1. The molecule has 2 heterocycles. The topological polar surface area (TPSA) is 45.4 Å². The molecule has 21 heavy (non-hydrogen) atoms. The lowest BCUT2D eigenvalue weighted by molar-refractivity contribution is 0.653. The molecule has 4 nitrogen and oxygen atoms in total. The molecule has 0 saturated carbocycles. The molecule has 0 amide bonds. The molecule has 1 aromatic heterocycles. The lowest BCUT2D eigenvalue weighted by Gasteiger charge is -2.37. The maximum Gasteiger partial charge on any atom is 0.122 e. The smallest absolute Gasteiger partial charge is 0.122 e. The summed E-state index contributed by atoms with van der Waals surface area (Å²) in [5.41, 5.74) is 8.67. The lowest BCUT2D eigenvalue weighted by Crippen LogP contribution is -2.46. The van der Waals surface area contributed by atoms with Crippen molar-refractivity contribution in [2.24, 2.45) is 5.73 Å². The van der Waals surface area contributed by atoms with Crippen molar-refractivity contribution in [3.05, 3.63) is 54.4 Å². The number of aromatic nitrogens is 1. The van der Waals surface area contributed by atoms with E-state index >= 15 is 0 Å². The Hall–Kier alpha value is -2.14. The molecule has 0 unspecified atom stereocenters.